The van der Waals surface area contributed by atoms with Crippen LogP contribution in [0.3, 0.4) is 0 Å². The minimum Gasteiger partial charge on any atom is -0.392 e. The Morgan fingerprint density at radius 3 is 2.94 bits per heavy atom. The summed E-state index contributed by atoms with van der Waals surface area (Å²) in [6.45, 7) is 6.86. The maximum atomic E-state index is 9.30. The minimum absolute atomic E-state index is 0.0730. The van der Waals surface area contributed by atoms with Crippen LogP contribution in [0.2, 0.25) is 0 Å². The van der Waals surface area contributed by atoms with Crippen LogP contribution >= 0.6 is 0 Å². The molecule has 1 fully saturated rings. The Hall–Kier alpha value is -1.09. The molecule has 1 saturated heterocycles. The van der Waals surface area contributed by atoms with Crippen LogP contribution in [0.5, 0.6) is 0 Å². The highest BCUT2D eigenvalue weighted by Gasteiger charge is 2.23. The number of aliphatic hydroxyl groups excluding tert-OH is 1. The van der Waals surface area contributed by atoms with Crippen molar-refractivity contribution in [3.63, 3.8) is 0 Å². The average molecular weight is 220 g/mol. The third kappa shape index (κ3) is 2.19. The fourth-order valence-electron chi connectivity index (χ4n) is 2.33. The lowest BCUT2D eigenvalue weighted by Crippen LogP contribution is -2.38. The number of hydrogen-bond acceptors (Lipinski definition) is 3. The molecule has 0 radical (unpaired) electrons. The first-order chi connectivity index (χ1) is 7.72. The molecule has 0 aliphatic carbocycles. The van der Waals surface area contributed by atoms with E-state index < -0.39 is 0 Å². The van der Waals surface area contributed by atoms with Gasteiger partial charge >= 0.3 is 0 Å². The van der Waals surface area contributed by atoms with E-state index in [9.17, 15) is 5.11 Å². The summed E-state index contributed by atoms with van der Waals surface area (Å²) in [6.07, 6.45) is 4.80. The van der Waals surface area contributed by atoms with Crippen molar-refractivity contribution in [1.29, 1.82) is 0 Å². The smallest absolute Gasteiger partial charge is 0.0717 e. The summed E-state index contributed by atoms with van der Waals surface area (Å²) in [4.78, 5) is 6.43. The molecule has 2 atom stereocenters. The van der Waals surface area contributed by atoms with Crippen LogP contribution in [0.25, 0.3) is 0 Å². The van der Waals surface area contributed by atoms with E-state index in [-0.39, 0.29) is 6.61 Å². The fourth-order valence-corrected chi connectivity index (χ4v) is 2.33. The van der Waals surface area contributed by atoms with Crippen molar-refractivity contribution >= 4 is 5.69 Å². The molecule has 1 N–H and O–H groups in total. The van der Waals surface area contributed by atoms with E-state index in [4.69, 9.17) is 0 Å². The van der Waals surface area contributed by atoms with Gasteiger partial charge in [0.25, 0.3) is 0 Å². The predicted molar refractivity (Wildman–Crippen MR) is 65.3 cm³/mol. The summed E-state index contributed by atoms with van der Waals surface area (Å²) in [5, 5.41) is 9.30. The van der Waals surface area contributed by atoms with Gasteiger partial charge in [0.1, 0.15) is 0 Å². The van der Waals surface area contributed by atoms with E-state index in [1.165, 1.54) is 6.42 Å². The van der Waals surface area contributed by atoms with Crippen molar-refractivity contribution in [2.24, 2.45) is 11.8 Å². The van der Waals surface area contributed by atoms with Gasteiger partial charge in [-0.2, -0.15) is 0 Å². The Balaban J connectivity index is 2.18. The van der Waals surface area contributed by atoms with Gasteiger partial charge in [0.2, 0.25) is 0 Å². The highest BCUT2D eigenvalue weighted by atomic mass is 16.3. The maximum absolute atomic E-state index is 9.30. The van der Waals surface area contributed by atoms with E-state index in [0.717, 1.165) is 30.3 Å². The van der Waals surface area contributed by atoms with E-state index in [1.807, 2.05) is 6.07 Å². The van der Waals surface area contributed by atoms with Crippen LogP contribution < -0.4 is 4.90 Å². The minimum atomic E-state index is 0.0730. The van der Waals surface area contributed by atoms with Gasteiger partial charge in [-0.1, -0.05) is 13.8 Å². The largest absolute Gasteiger partial charge is 0.392 e. The Morgan fingerprint density at radius 2 is 2.25 bits per heavy atom. The first-order valence-electron chi connectivity index (χ1n) is 6.01. The van der Waals surface area contributed by atoms with E-state index in [2.05, 4.69) is 23.7 Å². The van der Waals surface area contributed by atoms with Gasteiger partial charge in [0, 0.05) is 36.7 Å². The lowest BCUT2D eigenvalue weighted by atomic mass is 9.88. The SMILES string of the molecule is CC1CCN(c2ccncc2CO)CC1C. The molecule has 0 bridgehead atoms. The molecule has 0 saturated carbocycles. The molecular weight excluding hydrogens is 200 g/mol. The number of pyridine rings is 1. The number of rotatable bonds is 2. The van der Waals surface area contributed by atoms with E-state index in [0.29, 0.717) is 5.92 Å². The highest BCUT2D eigenvalue weighted by molar-refractivity contribution is 5.52. The van der Waals surface area contributed by atoms with Gasteiger partial charge in [-0.15, -0.1) is 0 Å². The Bertz CT molecular complexity index is 354. The lowest BCUT2D eigenvalue weighted by molar-refractivity contribution is 0.279. The summed E-state index contributed by atoms with van der Waals surface area (Å²) in [6, 6.07) is 2.01. The van der Waals surface area contributed by atoms with Crippen LogP contribution in [0.4, 0.5) is 5.69 Å². The maximum Gasteiger partial charge on any atom is 0.0717 e. The van der Waals surface area contributed by atoms with Crippen LogP contribution in [-0.2, 0) is 6.61 Å². The summed E-state index contributed by atoms with van der Waals surface area (Å²) in [5.74, 6) is 1.52. The number of aromatic nitrogens is 1. The monoisotopic (exact) mass is 220 g/mol. The zero-order chi connectivity index (χ0) is 11.5. The van der Waals surface area contributed by atoms with Crippen LogP contribution in [0, 0.1) is 11.8 Å². The molecule has 2 unspecified atom stereocenters. The third-order valence-electron chi connectivity index (χ3n) is 3.72. The normalized spacial score (nSPS) is 25.8. The van der Waals surface area contributed by atoms with Gasteiger partial charge in [0.05, 0.1) is 6.61 Å². The molecule has 1 aliphatic rings. The first-order valence-corrected chi connectivity index (χ1v) is 6.01. The standard InChI is InChI=1S/C13H20N2O/c1-10-4-6-15(8-11(10)2)13-3-5-14-7-12(13)9-16/h3,5,7,10-11,16H,4,6,8-9H2,1-2H3. The topological polar surface area (TPSA) is 36.4 Å². The molecular formula is C13H20N2O. The Kier molecular flexibility index (Phi) is 3.44. The van der Waals surface area contributed by atoms with E-state index in [1.54, 1.807) is 12.4 Å². The van der Waals surface area contributed by atoms with Crippen molar-refractivity contribution in [2.75, 3.05) is 18.0 Å². The molecule has 2 heterocycles. The summed E-state index contributed by atoms with van der Waals surface area (Å²) in [7, 11) is 0. The number of piperidine rings is 1. The second-order valence-corrected chi connectivity index (χ2v) is 4.85. The molecule has 3 nitrogen and oxygen atoms in total. The highest BCUT2D eigenvalue weighted by Crippen LogP contribution is 2.28. The van der Waals surface area contributed by atoms with Crippen LogP contribution in [-0.4, -0.2) is 23.2 Å². The van der Waals surface area contributed by atoms with Crippen molar-refractivity contribution < 1.29 is 5.11 Å². The molecule has 0 amide bonds. The number of nitrogens with zero attached hydrogens (tertiary/aromatic N) is 2. The van der Waals surface area contributed by atoms with Gasteiger partial charge < -0.3 is 10.0 Å². The molecule has 0 aromatic carbocycles. The van der Waals surface area contributed by atoms with E-state index >= 15 is 0 Å². The molecule has 1 aromatic heterocycles. The fraction of sp³-hybridized carbons (Fsp3) is 0.615. The number of hydrogen-bond donors (Lipinski definition) is 1. The second-order valence-electron chi connectivity index (χ2n) is 4.85. The zero-order valence-electron chi connectivity index (χ0n) is 10.1. The third-order valence-corrected chi connectivity index (χ3v) is 3.72. The van der Waals surface area contributed by atoms with Crippen molar-refractivity contribution in [2.45, 2.75) is 26.9 Å². The average Bonchev–Trinajstić information content (AvgIpc) is 2.32. The molecule has 1 aromatic rings. The predicted octanol–water partition coefficient (Wildman–Crippen LogP) is 2.06. The van der Waals surface area contributed by atoms with Crippen molar-refractivity contribution in [3.8, 4) is 0 Å². The quantitative estimate of drug-likeness (QED) is 0.828. The summed E-state index contributed by atoms with van der Waals surface area (Å²) < 4.78 is 0. The zero-order valence-corrected chi connectivity index (χ0v) is 10.1. The molecule has 0 spiro atoms. The van der Waals surface area contributed by atoms with Crippen LogP contribution in [0.15, 0.2) is 18.5 Å². The molecule has 1 aliphatic heterocycles. The van der Waals surface area contributed by atoms with Gasteiger partial charge in [-0.25, -0.2) is 0 Å². The summed E-state index contributed by atoms with van der Waals surface area (Å²) >= 11 is 0. The summed E-state index contributed by atoms with van der Waals surface area (Å²) in [5.41, 5.74) is 2.08. The van der Waals surface area contributed by atoms with Crippen LogP contribution in [0.1, 0.15) is 25.8 Å². The van der Waals surface area contributed by atoms with Gasteiger partial charge in [-0.3, -0.25) is 4.98 Å². The Labute approximate surface area is 97.1 Å². The second kappa shape index (κ2) is 4.83. The molecule has 16 heavy (non-hydrogen) atoms. The molecule has 88 valence electrons. The lowest BCUT2D eigenvalue weighted by Gasteiger charge is -2.37. The first kappa shape index (κ1) is 11.4. The van der Waals surface area contributed by atoms with Crippen molar-refractivity contribution in [3.05, 3.63) is 24.0 Å². The number of aliphatic hydroxyl groups is 1. The molecule has 3 heteroatoms. The molecule has 2 rings (SSSR count). The Morgan fingerprint density at radius 1 is 1.44 bits per heavy atom. The van der Waals surface area contributed by atoms with Gasteiger partial charge in [-0.05, 0) is 24.3 Å². The van der Waals surface area contributed by atoms with Gasteiger partial charge in [0.15, 0.2) is 0 Å². The van der Waals surface area contributed by atoms with Crippen molar-refractivity contribution in [1.82, 2.24) is 4.98 Å². The number of anilines is 1.